The number of aryl methyl sites for hydroxylation is 3. The zero-order valence-electron chi connectivity index (χ0n) is 17.7. The van der Waals surface area contributed by atoms with Crippen molar-refractivity contribution in [2.45, 2.75) is 33.7 Å². The van der Waals surface area contributed by atoms with E-state index in [1.165, 1.54) is 22.2 Å². The van der Waals surface area contributed by atoms with Crippen molar-refractivity contribution < 1.29 is 4.79 Å². The Hall–Kier alpha value is -2.96. The molecule has 2 aromatic carbocycles. The van der Waals surface area contributed by atoms with E-state index in [0.29, 0.717) is 15.2 Å². The highest BCUT2D eigenvalue weighted by molar-refractivity contribution is 7.19. The molecule has 5 nitrogen and oxygen atoms in total. The van der Waals surface area contributed by atoms with E-state index in [1.54, 1.807) is 19.1 Å². The van der Waals surface area contributed by atoms with Crippen LogP contribution >= 0.6 is 22.9 Å². The highest BCUT2D eigenvalue weighted by atomic mass is 35.5. The first kappa shape index (κ1) is 21.3. The van der Waals surface area contributed by atoms with Gasteiger partial charge in [0.1, 0.15) is 10.9 Å². The summed E-state index contributed by atoms with van der Waals surface area (Å²) in [6.07, 6.45) is 1.46. The minimum atomic E-state index is -0.720. The van der Waals surface area contributed by atoms with Crippen molar-refractivity contribution in [3.8, 4) is 11.1 Å². The first-order valence-corrected chi connectivity index (χ1v) is 11.1. The quantitative estimate of drug-likeness (QED) is 0.420. The lowest BCUT2D eigenvalue weighted by atomic mass is 10.0. The van der Waals surface area contributed by atoms with Crippen LogP contribution in [0.1, 0.15) is 29.0 Å². The summed E-state index contributed by atoms with van der Waals surface area (Å²) in [6.45, 7) is 7.58. The van der Waals surface area contributed by atoms with Crippen LogP contribution < -0.4 is 10.9 Å². The Morgan fingerprint density at radius 3 is 2.55 bits per heavy atom. The molecule has 2 heterocycles. The van der Waals surface area contributed by atoms with E-state index in [-0.39, 0.29) is 11.5 Å². The number of nitrogens with zero attached hydrogens (tertiary/aromatic N) is 2. The molecule has 0 aliphatic rings. The number of benzene rings is 2. The predicted molar refractivity (Wildman–Crippen MR) is 128 cm³/mol. The van der Waals surface area contributed by atoms with Crippen molar-refractivity contribution in [2.75, 3.05) is 5.32 Å². The van der Waals surface area contributed by atoms with Gasteiger partial charge < -0.3 is 5.32 Å². The fourth-order valence-corrected chi connectivity index (χ4v) is 4.72. The van der Waals surface area contributed by atoms with Crippen molar-refractivity contribution in [1.82, 2.24) is 9.55 Å². The Kier molecular flexibility index (Phi) is 5.69. The lowest BCUT2D eigenvalue weighted by Gasteiger charge is -2.16. The van der Waals surface area contributed by atoms with Gasteiger partial charge in [-0.3, -0.25) is 14.2 Å². The normalized spacial score (nSPS) is 12.2. The van der Waals surface area contributed by atoms with Gasteiger partial charge in [0.15, 0.2) is 0 Å². The Labute approximate surface area is 189 Å². The molecule has 2 aromatic heterocycles. The molecule has 4 aromatic rings. The van der Waals surface area contributed by atoms with Gasteiger partial charge in [0.25, 0.3) is 5.56 Å². The smallest absolute Gasteiger partial charge is 0.263 e. The molecule has 1 atom stereocenters. The van der Waals surface area contributed by atoms with E-state index in [4.69, 9.17) is 11.6 Å². The Balaban J connectivity index is 1.76. The molecule has 0 saturated heterocycles. The third kappa shape index (κ3) is 4.01. The van der Waals surface area contributed by atoms with Gasteiger partial charge in [0, 0.05) is 21.2 Å². The Morgan fingerprint density at radius 2 is 1.84 bits per heavy atom. The van der Waals surface area contributed by atoms with E-state index in [2.05, 4.69) is 10.3 Å². The van der Waals surface area contributed by atoms with Crippen LogP contribution in [0.15, 0.2) is 53.6 Å². The topological polar surface area (TPSA) is 64.0 Å². The van der Waals surface area contributed by atoms with Crippen molar-refractivity contribution in [2.24, 2.45) is 0 Å². The minimum absolute atomic E-state index is 0.233. The number of halogens is 1. The fourth-order valence-electron chi connectivity index (χ4n) is 3.59. The van der Waals surface area contributed by atoms with Crippen molar-refractivity contribution >= 4 is 44.7 Å². The largest absolute Gasteiger partial charge is 0.324 e. The average molecular weight is 452 g/mol. The number of thiophene rings is 1. The monoisotopic (exact) mass is 451 g/mol. The number of hydrogen-bond donors (Lipinski definition) is 1. The van der Waals surface area contributed by atoms with Gasteiger partial charge >= 0.3 is 0 Å². The van der Waals surface area contributed by atoms with Crippen molar-refractivity contribution in [1.29, 1.82) is 0 Å². The standard InChI is InChI=1S/C24H22ClN3O2S/c1-13-5-6-14(2)19(11-13)27-22(29)15(3)28-12-26-23-21(24(28)30)20(16(4)31-23)17-7-9-18(25)10-8-17/h5-12,15H,1-4H3,(H,27,29). The Morgan fingerprint density at radius 1 is 1.13 bits per heavy atom. The van der Waals surface area contributed by atoms with Gasteiger partial charge in [0.05, 0.1) is 11.7 Å². The third-order valence-corrected chi connectivity index (χ3v) is 6.66. The lowest BCUT2D eigenvalue weighted by Crippen LogP contribution is -2.32. The second kappa shape index (κ2) is 8.29. The molecule has 4 rings (SSSR count). The van der Waals surface area contributed by atoms with Crippen molar-refractivity contribution in [3.05, 3.63) is 80.2 Å². The van der Waals surface area contributed by atoms with E-state index >= 15 is 0 Å². The number of hydrogen-bond acceptors (Lipinski definition) is 4. The summed E-state index contributed by atoms with van der Waals surface area (Å²) in [7, 11) is 0. The molecular formula is C24H22ClN3O2S. The number of amides is 1. The highest BCUT2D eigenvalue weighted by Crippen LogP contribution is 2.36. The average Bonchev–Trinajstić information content (AvgIpc) is 3.08. The predicted octanol–water partition coefficient (Wildman–Crippen LogP) is 5.90. The molecule has 1 amide bonds. The maximum Gasteiger partial charge on any atom is 0.263 e. The molecule has 0 aliphatic carbocycles. The summed E-state index contributed by atoms with van der Waals surface area (Å²) in [4.78, 5) is 32.5. The fraction of sp³-hybridized carbons (Fsp3) is 0.208. The van der Waals surface area contributed by atoms with E-state index in [0.717, 1.165) is 32.8 Å². The summed E-state index contributed by atoms with van der Waals surface area (Å²) in [5.41, 5.74) is 4.26. The number of rotatable bonds is 4. The van der Waals surface area contributed by atoms with Gasteiger partial charge in [-0.2, -0.15) is 0 Å². The molecule has 0 aliphatic heterocycles. The highest BCUT2D eigenvalue weighted by Gasteiger charge is 2.22. The lowest BCUT2D eigenvalue weighted by molar-refractivity contribution is -0.118. The maximum absolute atomic E-state index is 13.4. The third-order valence-electron chi connectivity index (χ3n) is 5.39. The van der Waals surface area contributed by atoms with Gasteiger partial charge in [-0.25, -0.2) is 4.98 Å². The summed E-state index contributed by atoms with van der Waals surface area (Å²) in [5.74, 6) is -0.267. The van der Waals surface area contributed by atoms with Crippen LogP contribution in [0.2, 0.25) is 5.02 Å². The zero-order valence-corrected chi connectivity index (χ0v) is 19.3. The van der Waals surface area contributed by atoms with Crippen LogP contribution in [-0.2, 0) is 4.79 Å². The molecule has 0 saturated carbocycles. The van der Waals surface area contributed by atoms with Gasteiger partial charge in [-0.15, -0.1) is 11.3 Å². The Bertz CT molecular complexity index is 1360. The van der Waals surface area contributed by atoms with E-state index < -0.39 is 6.04 Å². The first-order valence-electron chi connectivity index (χ1n) is 9.90. The van der Waals surface area contributed by atoms with Crippen LogP contribution in [0.5, 0.6) is 0 Å². The summed E-state index contributed by atoms with van der Waals surface area (Å²) in [6, 6.07) is 12.5. The maximum atomic E-state index is 13.4. The SMILES string of the molecule is Cc1ccc(C)c(NC(=O)C(C)n2cnc3sc(C)c(-c4ccc(Cl)cc4)c3c2=O)c1. The second-order valence-electron chi connectivity index (χ2n) is 7.66. The van der Waals surface area contributed by atoms with Gasteiger partial charge in [-0.05, 0) is 62.6 Å². The molecule has 31 heavy (non-hydrogen) atoms. The molecule has 0 bridgehead atoms. The number of carbonyl (C=O) groups excluding carboxylic acids is 1. The number of anilines is 1. The molecule has 158 valence electrons. The summed E-state index contributed by atoms with van der Waals surface area (Å²) in [5, 5.41) is 4.10. The molecule has 0 radical (unpaired) electrons. The number of fused-ring (bicyclic) bond motifs is 1. The van der Waals surface area contributed by atoms with Crippen LogP contribution in [0, 0.1) is 20.8 Å². The molecule has 7 heteroatoms. The van der Waals surface area contributed by atoms with E-state index in [9.17, 15) is 9.59 Å². The molecule has 0 fully saturated rings. The number of aromatic nitrogens is 2. The molecular weight excluding hydrogens is 430 g/mol. The molecule has 1 unspecified atom stereocenters. The number of carbonyl (C=O) groups is 1. The van der Waals surface area contributed by atoms with E-state index in [1.807, 2.05) is 51.1 Å². The second-order valence-corrected chi connectivity index (χ2v) is 9.30. The van der Waals surface area contributed by atoms with Crippen LogP contribution in [0.3, 0.4) is 0 Å². The van der Waals surface area contributed by atoms with Crippen LogP contribution in [-0.4, -0.2) is 15.5 Å². The first-order chi connectivity index (χ1) is 14.8. The summed E-state index contributed by atoms with van der Waals surface area (Å²) >= 11 is 7.50. The van der Waals surface area contributed by atoms with Gasteiger partial charge in [-0.1, -0.05) is 35.9 Å². The summed E-state index contributed by atoms with van der Waals surface area (Å²) < 4.78 is 1.40. The molecule has 1 N–H and O–H groups in total. The number of nitrogens with one attached hydrogen (secondary N) is 1. The van der Waals surface area contributed by atoms with Crippen molar-refractivity contribution in [3.63, 3.8) is 0 Å². The minimum Gasteiger partial charge on any atom is -0.324 e. The molecule has 0 spiro atoms. The van der Waals surface area contributed by atoms with Gasteiger partial charge in [0.2, 0.25) is 5.91 Å². The zero-order chi connectivity index (χ0) is 22.3. The van der Waals surface area contributed by atoms with Crippen LogP contribution in [0.25, 0.3) is 21.3 Å². The van der Waals surface area contributed by atoms with Crippen LogP contribution in [0.4, 0.5) is 5.69 Å².